The molecule has 0 amide bonds. The smallest absolute Gasteiger partial charge is 0.101 e. The Bertz CT molecular complexity index is 179. The van der Waals surface area contributed by atoms with Gasteiger partial charge in [0.05, 0.1) is 0 Å². The first-order valence-electron chi connectivity index (χ1n) is 5.24. The van der Waals surface area contributed by atoms with Gasteiger partial charge in [0.2, 0.25) is 0 Å². The summed E-state index contributed by atoms with van der Waals surface area (Å²) in [7, 11) is 0. The first-order valence-corrected chi connectivity index (χ1v) is 5.24. The van der Waals surface area contributed by atoms with Crippen LogP contribution in [0.15, 0.2) is 0 Å². The summed E-state index contributed by atoms with van der Waals surface area (Å²) in [5.41, 5.74) is 12.0. The van der Waals surface area contributed by atoms with E-state index in [2.05, 4.69) is 46.4 Å². The van der Waals surface area contributed by atoms with E-state index in [1.165, 1.54) is 0 Å². The summed E-state index contributed by atoms with van der Waals surface area (Å²) in [6.45, 7) is 6.49. The van der Waals surface area contributed by atoms with Gasteiger partial charge < -0.3 is 5.32 Å². The van der Waals surface area contributed by atoms with Crippen LogP contribution in [0.1, 0.15) is 13.8 Å². The minimum absolute atomic E-state index is 0.240. The highest BCUT2D eigenvalue weighted by Crippen LogP contribution is 2.18. The number of hydrogen-bond donors (Lipinski definition) is 6. The molecule has 6 heteroatoms. The van der Waals surface area contributed by atoms with Crippen molar-refractivity contribution < 1.29 is 0 Å². The lowest BCUT2D eigenvalue weighted by Crippen LogP contribution is -2.63. The third-order valence-electron chi connectivity index (χ3n) is 3.04. The zero-order valence-corrected chi connectivity index (χ0v) is 8.72. The van der Waals surface area contributed by atoms with Crippen molar-refractivity contribution in [2.75, 3.05) is 13.2 Å². The van der Waals surface area contributed by atoms with Crippen LogP contribution < -0.4 is 32.6 Å². The fourth-order valence-electron chi connectivity index (χ4n) is 2.17. The summed E-state index contributed by atoms with van der Waals surface area (Å²) in [5, 5.41) is 6.84. The molecule has 6 nitrogen and oxygen atoms in total. The molecule has 2 fully saturated rings. The topological polar surface area (TPSA) is 72.2 Å². The molecule has 2 aliphatic heterocycles. The quantitative estimate of drug-likeness (QED) is 0.317. The van der Waals surface area contributed by atoms with Crippen LogP contribution in [-0.2, 0) is 0 Å². The van der Waals surface area contributed by atoms with Crippen LogP contribution in [0.25, 0.3) is 0 Å². The maximum Gasteiger partial charge on any atom is 0.101 e. The summed E-state index contributed by atoms with van der Waals surface area (Å²) in [6, 6.07) is 0.443. The largest absolute Gasteiger partial charge is 0.304 e. The van der Waals surface area contributed by atoms with Crippen LogP contribution >= 0.6 is 0 Å². The molecule has 2 atom stereocenters. The van der Waals surface area contributed by atoms with Crippen molar-refractivity contribution >= 4 is 0 Å². The second kappa shape index (κ2) is 4.52. The highest BCUT2D eigenvalue weighted by molar-refractivity contribution is 4.91. The third kappa shape index (κ3) is 2.05. The van der Waals surface area contributed by atoms with Gasteiger partial charge in [-0.05, 0) is 11.8 Å². The van der Waals surface area contributed by atoms with Gasteiger partial charge in [-0.15, -0.1) is 0 Å². The van der Waals surface area contributed by atoms with E-state index in [4.69, 9.17) is 0 Å². The Morgan fingerprint density at radius 2 is 1.86 bits per heavy atom. The van der Waals surface area contributed by atoms with Gasteiger partial charge in [-0.25, -0.2) is 10.9 Å². The molecule has 0 aromatic heterocycles. The fraction of sp³-hybridized carbons (Fsp3) is 1.00. The molecule has 0 aromatic carbocycles. The van der Waals surface area contributed by atoms with Crippen molar-refractivity contribution in [2.45, 2.75) is 26.1 Å². The Labute approximate surface area is 84.5 Å². The summed E-state index contributed by atoms with van der Waals surface area (Å²) < 4.78 is 0. The zero-order chi connectivity index (χ0) is 9.97. The molecule has 82 valence electrons. The summed E-state index contributed by atoms with van der Waals surface area (Å²) >= 11 is 0. The molecule has 14 heavy (non-hydrogen) atoms. The standard InChI is InChI=1S/C8H20N6/c1-5(2)6-3-9-4-10-7(6)8-11-13-14-12-8/h5-14H,3-4H2,1-2H3. The SMILES string of the molecule is CC(C)C1CNCNC1C1NNNN1. The first kappa shape index (κ1) is 10.3. The van der Waals surface area contributed by atoms with Crippen LogP contribution in [-0.4, -0.2) is 25.4 Å². The lowest BCUT2D eigenvalue weighted by atomic mass is 9.86. The third-order valence-corrected chi connectivity index (χ3v) is 3.04. The van der Waals surface area contributed by atoms with E-state index in [9.17, 15) is 0 Å². The minimum Gasteiger partial charge on any atom is -0.304 e. The normalized spacial score (nSPS) is 35.4. The molecular formula is C8H20N6. The van der Waals surface area contributed by atoms with E-state index >= 15 is 0 Å². The molecule has 0 bridgehead atoms. The molecule has 0 radical (unpaired) electrons. The Kier molecular flexibility index (Phi) is 3.32. The Hall–Kier alpha value is -0.240. The maximum atomic E-state index is 3.48. The lowest BCUT2D eigenvalue weighted by Gasteiger charge is -2.38. The van der Waals surface area contributed by atoms with Crippen molar-refractivity contribution in [1.29, 1.82) is 0 Å². The molecule has 6 N–H and O–H groups in total. The van der Waals surface area contributed by atoms with Gasteiger partial charge in [-0.2, -0.15) is 11.1 Å². The van der Waals surface area contributed by atoms with Crippen molar-refractivity contribution in [3.05, 3.63) is 0 Å². The van der Waals surface area contributed by atoms with Crippen LogP contribution in [0.4, 0.5) is 0 Å². The van der Waals surface area contributed by atoms with Gasteiger partial charge in [-0.3, -0.25) is 5.32 Å². The lowest BCUT2D eigenvalue weighted by molar-refractivity contribution is 0.176. The van der Waals surface area contributed by atoms with E-state index in [1.54, 1.807) is 0 Å². The van der Waals surface area contributed by atoms with E-state index in [-0.39, 0.29) is 6.17 Å². The maximum absolute atomic E-state index is 3.48. The number of hydrogen-bond acceptors (Lipinski definition) is 6. The predicted molar refractivity (Wildman–Crippen MR) is 54.5 cm³/mol. The highest BCUT2D eigenvalue weighted by atomic mass is 15.8. The Morgan fingerprint density at radius 1 is 1.14 bits per heavy atom. The molecule has 2 unspecified atom stereocenters. The van der Waals surface area contributed by atoms with Crippen LogP contribution in [0, 0.1) is 11.8 Å². The van der Waals surface area contributed by atoms with Gasteiger partial charge in [0, 0.05) is 19.3 Å². The Balaban J connectivity index is 1.98. The molecule has 0 aromatic rings. The minimum atomic E-state index is 0.240. The van der Waals surface area contributed by atoms with Crippen LogP contribution in [0.3, 0.4) is 0 Å². The van der Waals surface area contributed by atoms with Gasteiger partial charge in [0.15, 0.2) is 0 Å². The van der Waals surface area contributed by atoms with Gasteiger partial charge >= 0.3 is 0 Å². The molecule has 2 heterocycles. The summed E-state index contributed by atoms with van der Waals surface area (Å²) in [4.78, 5) is 0. The van der Waals surface area contributed by atoms with E-state index in [0.29, 0.717) is 17.9 Å². The van der Waals surface area contributed by atoms with Crippen molar-refractivity contribution in [1.82, 2.24) is 32.6 Å². The van der Waals surface area contributed by atoms with Crippen LogP contribution in [0.5, 0.6) is 0 Å². The average Bonchev–Trinajstić information content (AvgIpc) is 2.70. The molecule has 0 spiro atoms. The summed E-state index contributed by atoms with van der Waals surface area (Å²) in [5.74, 6) is 1.31. The monoisotopic (exact) mass is 200 g/mol. The molecule has 2 aliphatic rings. The average molecular weight is 200 g/mol. The number of nitrogens with one attached hydrogen (secondary N) is 6. The second-order valence-electron chi connectivity index (χ2n) is 4.29. The Morgan fingerprint density at radius 3 is 2.50 bits per heavy atom. The molecule has 2 saturated heterocycles. The van der Waals surface area contributed by atoms with Crippen molar-refractivity contribution in [3.63, 3.8) is 0 Å². The first-order chi connectivity index (χ1) is 6.79. The highest BCUT2D eigenvalue weighted by Gasteiger charge is 2.34. The van der Waals surface area contributed by atoms with E-state index in [0.717, 1.165) is 13.2 Å². The fourth-order valence-corrected chi connectivity index (χ4v) is 2.17. The van der Waals surface area contributed by atoms with E-state index in [1.807, 2.05) is 0 Å². The zero-order valence-electron chi connectivity index (χ0n) is 8.72. The van der Waals surface area contributed by atoms with Gasteiger partial charge in [0.25, 0.3) is 0 Å². The number of rotatable bonds is 2. The molecule has 0 saturated carbocycles. The van der Waals surface area contributed by atoms with E-state index < -0.39 is 0 Å². The second-order valence-corrected chi connectivity index (χ2v) is 4.29. The van der Waals surface area contributed by atoms with Gasteiger partial charge in [0.1, 0.15) is 6.17 Å². The molecule has 2 rings (SSSR count). The number of hydrazine groups is 3. The predicted octanol–water partition coefficient (Wildman–Crippen LogP) is -1.78. The summed E-state index contributed by atoms with van der Waals surface area (Å²) in [6.07, 6.45) is 0.240. The van der Waals surface area contributed by atoms with Crippen molar-refractivity contribution in [3.8, 4) is 0 Å². The van der Waals surface area contributed by atoms with Gasteiger partial charge in [-0.1, -0.05) is 13.8 Å². The van der Waals surface area contributed by atoms with Crippen LogP contribution in [0.2, 0.25) is 0 Å². The molecule has 0 aliphatic carbocycles. The molecular weight excluding hydrogens is 180 g/mol. The van der Waals surface area contributed by atoms with Crippen molar-refractivity contribution in [2.24, 2.45) is 11.8 Å².